The molecule has 0 fully saturated rings. The van der Waals surface area contributed by atoms with Crippen LogP contribution >= 0.6 is 0 Å². The van der Waals surface area contributed by atoms with Crippen LogP contribution in [-0.2, 0) is 29.5 Å². The summed E-state index contributed by atoms with van der Waals surface area (Å²) < 4.78 is 28.5. The van der Waals surface area contributed by atoms with Gasteiger partial charge in [0.25, 0.3) is 5.91 Å². The average molecular weight is 389 g/mol. The van der Waals surface area contributed by atoms with E-state index >= 15 is 0 Å². The van der Waals surface area contributed by atoms with Gasteiger partial charge < -0.3 is 9.88 Å². The predicted octanol–water partition coefficient (Wildman–Crippen LogP) is 1.40. The molecule has 2 aromatic rings. The van der Waals surface area contributed by atoms with Gasteiger partial charge in [-0.2, -0.15) is 0 Å². The van der Waals surface area contributed by atoms with Gasteiger partial charge in [-0.1, -0.05) is 12.5 Å². The van der Waals surface area contributed by atoms with E-state index in [4.69, 9.17) is 0 Å². The molecule has 0 atom stereocenters. The standard InChI is InChI=1S/C18H23N5O3S/c1-2-11-20-27(25,26)15-9-7-14(8-10-15)18(24)19-13-17-22-21-16-6-4-3-5-12-23(16)17/h2,7-10,20H,1,3-6,11-13H2,(H,19,24). The molecule has 0 saturated carbocycles. The molecule has 2 heterocycles. The summed E-state index contributed by atoms with van der Waals surface area (Å²) in [5, 5.41) is 11.2. The van der Waals surface area contributed by atoms with Gasteiger partial charge in [0.1, 0.15) is 5.82 Å². The Morgan fingerprint density at radius 3 is 2.70 bits per heavy atom. The van der Waals surface area contributed by atoms with Gasteiger partial charge in [-0.15, -0.1) is 16.8 Å². The molecule has 1 aromatic carbocycles. The van der Waals surface area contributed by atoms with E-state index in [1.165, 1.54) is 36.8 Å². The van der Waals surface area contributed by atoms with E-state index in [-0.39, 0.29) is 23.9 Å². The van der Waals surface area contributed by atoms with E-state index in [9.17, 15) is 13.2 Å². The SMILES string of the molecule is C=CCNS(=O)(=O)c1ccc(C(=O)NCc2nnc3n2CCCCC3)cc1. The number of carbonyl (C=O) groups is 1. The quantitative estimate of drug-likeness (QED) is 0.696. The first-order valence-corrected chi connectivity index (χ1v) is 10.4. The molecule has 0 radical (unpaired) electrons. The minimum atomic E-state index is -3.60. The van der Waals surface area contributed by atoms with Crippen LogP contribution in [0.25, 0.3) is 0 Å². The normalized spacial score (nSPS) is 14.2. The molecule has 0 unspecified atom stereocenters. The van der Waals surface area contributed by atoms with Crippen molar-refractivity contribution in [3.8, 4) is 0 Å². The summed E-state index contributed by atoms with van der Waals surface area (Å²) >= 11 is 0. The first kappa shape index (κ1) is 19.2. The van der Waals surface area contributed by atoms with Crippen LogP contribution < -0.4 is 10.0 Å². The van der Waals surface area contributed by atoms with E-state index in [0.29, 0.717) is 5.56 Å². The molecule has 27 heavy (non-hydrogen) atoms. The maximum Gasteiger partial charge on any atom is 0.251 e. The monoisotopic (exact) mass is 389 g/mol. The van der Waals surface area contributed by atoms with E-state index in [1.807, 2.05) is 0 Å². The summed E-state index contributed by atoms with van der Waals surface area (Å²) in [6.07, 6.45) is 5.75. The molecular weight excluding hydrogens is 366 g/mol. The first-order valence-electron chi connectivity index (χ1n) is 8.91. The average Bonchev–Trinajstić information content (AvgIpc) is 2.90. The number of hydrogen-bond acceptors (Lipinski definition) is 5. The van der Waals surface area contributed by atoms with Crippen molar-refractivity contribution < 1.29 is 13.2 Å². The third kappa shape index (κ3) is 4.61. The predicted molar refractivity (Wildman–Crippen MR) is 101 cm³/mol. The van der Waals surface area contributed by atoms with Crippen LogP contribution in [0.15, 0.2) is 41.8 Å². The third-order valence-corrected chi connectivity index (χ3v) is 5.88. The molecule has 0 aliphatic carbocycles. The third-order valence-electron chi connectivity index (χ3n) is 4.44. The number of aromatic nitrogens is 3. The number of nitrogens with one attached hydrogen (secondary N) is 2. The minimum absolute atomic E-state index is 0.101. The molecule has 3 rings (SSSR count). The van der Waals surface area contributed by atoms with Crippen molar-refractivity contribution in [3.63, 3.8) is 0 Å². The highest BCUT2D eigenvalue weighted by atomic mass is 32.2. The Hall–Kier alpha value is -2.52. The van der Waals surface area contributed by atoms with Crippen LogP contribution in [0, 0.1) is 0 Å². The van der Waals surface area contributed by atoms with Crippen molar-refractivity contribution in [2.75, 3.05) is 6.54 Å². The van der Waals surface area contributed by atoms with Gasteiger partial charge in [0, 0.05) is 25.1 Å². The highest BCUT2D eigenvalue weighted by molar-refractivity contribution is 7.89. The maximum absolute atomic E-state index is 12.4. The lowest BCUT2D eigenvalue weighted by Gasteiger charge is -2.09. The second kappa shape index (κ2) is 8.45. The van der Waals surface area contributed by atoms with Gasteiger partial charge in [-0.3, -0.25) is 4.79 Å². The van der Waals surface area contributed by atoms with Gasteiger partial charge in [0.2, 0.25) is 10.0 Å². The van der Waals surface area contributed by atoms with Crippen LogP contribution in [0.1, 0.15) is 41.3 Å². The minimum Gasteiger partial charge on any atom is -0.345 e. The van der Waals surface area contributed by atoms with Crippen LogP contribution in [0.2, 0.25) is 0 Å². The van der Waals surface area contributed by atoms with Crippen molar-refractivity contribution in [1.82, 2.24) is 24.8 Å². The van der Waals surface area contributed by atoms with Gasteiger partial charge in [-0.25, -0.2) is 13.1 Å². The molecule has 144 valence electrons. The molecule has 0 saturated heterocycles. The Morgan fingerprint density at radius 2 is 1.96 bits per heavy atom. The summed E-state index contributed by atoms with van der Waals surface area (Å²) in [6, 6.07) is 5.79. The van der Waals surface area contributed by atoms with E-state index in [2.05, 4.69) is 31.4 Å². The molecule has 1 amide bonds. The molecule has 0 bridgehead atoms. The summed E-state index contributed by atoms with van der Waals surface area (Å²) in [4.78, 5) is 12.5. The van der Waals surface area contributed by atoms with Gasteiger partial charge in [0.05, 0.1) is 11.4 Å². The molecule has 9 heteroatoms. The first-order chi connectivity index (χ1) is 13.0. The highest BCUT2D eigenvalue weighted by Crippen LogP contribution is 2.15. The zero-order chi connectivity index (χ0) is 19.3. The second-order valence-corrected chi connectivity index (χ2v) is 8.11. The Balaban J connectivity index is 1.63. The molecular formula is C18H23N5O3S. The number of benzene rings is 1. The van der Waals surface area contributed by atoms with E-state index in [0.717, 1.165) is 37.5 Å². The van der Waals surface area contributed by atoms with Crippen molar-refractivity contribution in [1.29, 1.82) is 0 Å². The largest absolute Gasteiger partial charge is 0.345 e. The Kier molecular flexibility index (Phi) is 6.02. The summed E-state index contributed by atoms with van der Waals surface area (Å²) in [7, 11) is -3.60. The van der Waals surface area contributed by atoms with Crippen molar-refractivity contribution >= 4 is 15.9 Å². The second-order valence-electron chi connectivity index (χ2n) is 6.34. The zero-order valence-corrected chi connectivity index (χ0v) is 15.8. The number of hydrogen-bond donors (Lipinski definition) is 2. The summed E-state index contributed by atoms with van der Waals surface area (Å²) in [6.45, 7) is 4.78. The highest BCUT2D eigenvalue weighted by Gasteiger charge is 2.17. The van der Waals surface area contributed by atoms with E-state index < -0.39 is 10.0 Å². The van der Waals surface area contributed by atoms with E-state index in [1.54, 1.807) is 0 Å². The number of amides is 1. The lowest BCUT2D eigenvalue weighted by Crippen LogP contribution is -2.26. The Bertz CT molecular complexity index is 919. The fraction of sp³-hybridized carbons (Fsp3) is 0.389. The molecule has 0 spiro atoms. The van der Waals surface area contributed by atoms with Gasteiger partial charge in [0.15, 0.2) is 5.82 Å². The fourth-order valence-corrected chi connectivity index (χ4v) is 3.97. The lowest BCUT2D eigenvalue weighted by molar-refractivity contribution is 0.0949. The van der Waals surface area contributed by atoms with Crippen LogP contribution in [0.5, 0.6) is 0 Å². The fourth-order valence-electron chi connectivity index (χ4n) is 2.97. The summed E-state index contributed by atoms with van der Waals surface area (Å²) in [5.41, 5.74) is 0.383. The molecule has 1 aliphatic rings. The number of nitrogens with zero attached hydrogens (tertiary/aromatic N) is 3. The van der Waals surface area contributed by atoms with Crippen molar-refractivity contribution in [2.45, 2.75) is 43.7 Å². The number of sulfonamides is 1. The molecule has 2 N–H and O–H groups in total. The van der Waals surface area contributed by atoms with Gasteiger partial charge in [-0.05, 0) is 37.1 Å². The Morgan fingerprint density at radius 1 is 1.19 bits per heavy atom. The van der Waals surface area contributed by atoms with Crippen LogP contribution in [-0.4, -0.2) is 35.6 Å². The maximum atomic E-state index is 12.4. The topological polar surface area (TPSA) is 106 Å². The zero-order valence-electron chi connectivity index (χ0n) is 15.0. The molecule has 1 aromatic heterocycles. The smallest absolute Gasteiger partial charge is 0.251 e. The molecule has 8 nitrogen and oxygen atoms in total. The number of fused-ring (bicyclic) bond motifs is 1. The van der Waals surface area contributed by atoms with Crippen molar-refractivity contribution in [2.24, 2.45) is 0 Å². The lowest BCUT2D eigenvalue weighted by atomic mass is 10.2. The number of aryl methyl sites for hydroxylation is 1. The molecule has 1 aliphatic heterocycles. The van der Waals surface area contributed by atoms with Gasteiger partial charge >= 0.3 is 0 Å². The van der Waals surface area contributed by atoms with Crippen molar-refractivity contribution in [3.05, 3.63) is 54.1 Å². The Labute approximate surface area is 158 Å². The van der Waals surface area contributed by atoms with Crippen LogP contribution in [0.4, 0.5) is 0 Å². The van der Waals surface area contributed by atoms with Crippen LogP contribution in [0.3, 0.4) is 0 Å². The number of carbonyl (C=O) groups excluding carboxylic acids is 1. The summed E-state index contributed by atoms with van der Waals surface area (Å²) in [5.74, 6) is 1.43. The number of rotatable bonds is 7.